The lowest BCUT2D eigenvalue weighted by Gasteiger charge is -2.31. The molecule has 2 fully saturated rings. The molecule has 0 amide bonds. The van der Waals surface area contributed by atoms with Crippen molar-refractivity contribution in [2.24, 2.45) is 10.9 Å². The van der Waals surface area contributed by atoms with Gasteiger partial charge >= 0.3 is 0 Å². The molecular weight excluding hydrogens is 352 g/mol. The molecule has 0 unspecified atom stereocenters. The molecule has 3 heterocycles. The number of guanidine groups is 1. The van der Waals surface area contributed by atoms with Crippen molar-refractivity contribution in [3.8, 4) is 0 Å². The molecule has 0 saturated carbocycles. The molecule has 7 heteroatoms. The van der Waals surface area contributed by atoms with Gasteiger partial charge in [0.15, 0.2) is 5.96 Å². The summed E-state index contributed by atoms with van der Waals surface area (Å²) in [5.74, 6) is 3.42. The standard InChI is InChI=1S/C21H38N6O/c1-17-18(2)28-20(25-17)16-27-12-7-19(8-13-27)15-24-21(22-3)23-9-14-26-10-5-4-6-11-26/h19H,4-16H2,1-3H3,(H2,22,23,24). The number of rotatable bonds is 7. The van der Waals surface area contributed by atoms with Gasteiger partial charge in [-0.25, -0.2) is 4.98 Å². The van der Waals surface area contributed by atoms with Crippen molar-refractivity contribution in [3.63, 3.8) is 0 Å². The van der Waals surface area contributed by atoms with Crippen molar-refractivity contribution in [2.75, 3.05) is 52.9 Å². The number of piperidine rings is 2. The molecule has 0 aliphatic carbocycles. The number of hydrogen-bond acceptors (Lipinski definition) is 5. The van der Waals surface area contributed by atoms with Gasteiger partial charge < -0.3 is 20.0 Å². The summed E-state index contributed by atoms with van der Waals surface area (Å²) in [6.07, 6.45) is 6.50. The zero-order valence-electron chi connectivity index (χ0n) is 18.0. The molecule has 0 atom stereocenters. The number of likely N-dealkylation sites (tertiary alicyclic amines) is 2. The van der Waals surface area contributed by atoms with Crippen molar-refractivity contribution < 1.29 is 4.42 Å². The lowest BCUT2D eigenvalue weighted by molar-refractivity contribution is 0.164. The van der Waals surface area contributed by atoms with Crippen LogP contribution in [0.4, 0.5) is 0 Å². The van der Waals surface area contributed by atoms with Gasteiger partial charge in [-0.2, -0.15) is 0 Å². The smallest absolute Gasteiger partial charge is 0.208 e. The summed E-state index contributed by atoms with van der Waals surface area (Å²) in [7, 11) is 1.86. The molecule has 28 heavy (non-hydrogen) atoms. The summed E-state index contributed by atoms with van der Waals surface area (Å²) in [5, 5.41) is 6.99. The van der Waals surface area contributed by atoms with Crippen molar-refractivity contribution in [2.45, 2.75) is 52.5 Å². The minimum atomic E-state index is 0.699. The highest BCUT2D eigenvalue weighted by Gasteiger charge is 2.21. The molecule has 3 rings (SSSR count). The van der Waals surface area contributed by atoms with Gasteiger partial charge in [0.2, 0.25) is 5.89 Å². The lowest BCUT2D eigenvalue weighted by Crippen LogP contribution is -2.45. The van der Waals surface area contributed by atoms with Crippen LogP contribution in [0.25, 0.3) is 0 Å². The lowest BCUT2D eigenvalue weighted by atomic mass is 9.97. The van der Waals surface area contributed by atoms with Crippen LogP contribution in [0.15, 0.2) is 9.41 Å². The summed E-state index contributed by atoms with van der Waals surface area (Å²) in [6.45, 7) is 12.6. The maximum absolute atomic E-state index is 5.73. The maximum atomic E-state index is 5.73. The quantitative estimate of drug-likeness (QED) is 0.549. The second kappa shape index (κ2) is 10.8. The molecule has 1 aromatic heterocycles. The van der Waals surface area contributed by atoms with Crippen molar-refractivity contribution in [1.29, 1.82) is 0 Å². The summed E-state index contributed by atoms with van der Waals surface area (Å²) >= 11 is 0. The molecule has 2 N–H and O–H groups in total. The van der Waals surface area contributed by atoms with E-state index in [-0.39, 0.29) is 0 Å². The van der Waals surface area contributed by atoms with Gasteiger partial charge in [-0.15, -0.1) is 0 Å². The minimum absolute atomic E-state index is 0.699. The van der Waals surface area contributed by atoms with E-state index in [1.807, 2.05) is 20.9 Å². The first kappa shape index (κ1) is 21.1. The predicted octanol–water partition coefficient (Wildman–Crippen LogP) is 2.15. The van der Waals surface area contributed by atoms with Crippen LogP contribution < -0.4 is 10.6 Å². The average molecular weight is 391 g/mol. The molecule has 0 spiro atoms. The first-order valence-corrected chi connectivity index (χ1v) is 11.0. The van der Waals surface area contributed by atoms with Gasteiger partial charge in [-0.1, -0.05) is 6.42 Å². The Morgan fingerprint density at radius 3 is 2.46 bits per heavy atom. The monoisotopic (exact) mass is 390 g/mol. The fraction of sp³-hybridized carbons (Fsp3) is 0.810. The van der Waals surface area contributed by atoms with E-state index in [1.54, 1.807) is 0 Å². The van der Waals surface area contributed by atoms with Crippen LogP contribution in [0.2, 0.25) is 0 Å². The molecule has 2 saturated heterocycles. The highest BCUT2D eigenvalue weighted by molar-refractivity contribution is 5.79. The first-order valence-electron chi connectivity index (χ1n) is 11.0. The van der Waals surface area contributed by atoms with E-state index in [2.05, 4.69) is 30.4 Å². The third-order valence-electron chi connectivity index (χ3n) is 6.09. The Balaban J connectivity index is 1.30. The van der Waals surface area contributed by atoms with Crippen molar-refractivity contribution in [3.05, 3.63) is 17.3 Å². The normalized spacial score (nSPS) is 20.5. The molecule has 0 bridgehead atoms. The summed E-state index contributed by atoms with van der Waals surface area (Å²) < 4.78 is 5.73. The van der Waals surface area contributed by atoms with Crippen LogP contribution in [0, 0.1) is 19.8 Å². The largest absolute Gasteiger partial charge is 0.444 e. The Kier molecular flexibility index (Phi) is 8.15. The Morgan fingerprint density at radius 2 is 1.82 bits per heavy atom. The molecule has 2 aliphatic rings. The summed E-state index contributed by atoms with van der Waals surface area (Å²) in [5.41, 5.74) is 1.01. The van der Waals surface area contributed by atoms with Crippen LogP contribution in [-0.2, 0) is 6.54 Å². The number of aromatic nitrogens is 1. The number of aliphatic imine (C=N–C) groups is 1. The van der Waals surface area contributed by atoms with E-state index in [1.165, 1.54) is 45.2 Å². The van der Waals surface area contributed by atoms with Crippen LogP contribution >= 0.6 is 0 Å². The van der Waals surface area contributed by atoms with Crippen molar-refractivity contribution in [1.82, 2.24) is 25.4 Å². The predicted molar refractivity (Wildman–Crippen MR) is 114 cm³/mol. The third-order valence-corrected chi connectivity index (χ3v) is 6.09. The number of oxazole rings is 1. The maximum Gasteiger partial charge on any atom is 0.208 e. The number of hydrogen-bond donors (Lipinski definition) is 2. The number of nitrogens with zero attached hydrogens (tertiary/aromatic N) is 4. The second-order valence-corrected chi connectivity index (χ2v) is 8.25. The van der Waals surface area contributed by atoms with Crippen LogP contribution in [0.1, 0.15) is 49.4 Å². The van der Waals surface area contributed by atoms with Gasteiger partial charge in [0.1, 0.15) is 5.76 Å². The Morgan fingerprint density at radius 1 is 1.07 bits per heavy atom. The van der Waals surface area contributed by atoms with E-state index in [0.29, 0.717) is 5.92 Å². The fourth-order valence-electron chi connectivity index (χ4n) is 4.12. The highest BCUT2D eigenvalue weighted by Crippen LogP contribution is 2.19. The van der Waals surface area contributed by atoms with E-state index < -0.39 is 0 Å². The van der Waals surface area contributed by atoms with Crippen LogP contribution in [-0.4, -0.2) is 73.6 Å². The van der Waals surface area contributed by atoms with Gasteiger partial charge in [0.25, 0.3) is 0 Å². The van der Waals surface area contributed by atoms with E-state index in [9.17, 15) is 0 Å². The Labute approximate surface area is 170 Å². The molecule has 1 aromatic rings. The molecule has 7 nitrogen and oxygen atoms in total. The molecule has 158 valence electrons. The van der Waals surface area contributed by atoms with E-state index in [4.69, 9.17) is 4.42 Å². The minimum Gasteiger partial charge on any atom is -0.444 e. The van der Waals surface area contributed by atoms with E-state index >= 15 is 0 Å². The van der Waals surface area contributed by atoms with Gasteiger partial charge in [0.05, 0.1) is 12.2 Å². The number of aryl methyl sites for hydroxylation is 2. The summed E-state index contributed by atoms with van der Waals surface area (Å²) in [4.78, 5) is 13.9. The second-order valence-electron chi connectivity index (χ2n) is 8.25. The van der Waals surface area contributed by atoms with Gasteiger partial charge in [-0.3, -0.25) is 9.89 Å². The average Bonchev–Trinajstić information content (AvgIpc) is 3.03. The van der Waals surface area contributed by atoms with Crippen LogP contribution in [0.3, 0.4) is 0 Å². The van der Waals surface area contributed by atoms with Crippen molar-refractivity contribution >= 4 is 5.96 Å². The number of nitrogens with one attached hydrogen (secondary N) is 2. The zero-order chi connectivity index (χ0) is 19.8. The molecule has 0 radical (unpaired) electrons. The molecule has 2 aliphatic heterocycles. The first-order chi connectivity index (χ1) is 13.6. The highest BCUT2D eigenvalue weighted by atomic mass is 16.4. The van der Waals surface area contributed by atoms with Crippen LogP contribution in [0.5, 0.6) is 0 Å². The topological polar surface area (TPSA) is 68.9 Å². The Hall–Kier alpha value is -1.60. The van der Waals surface area contributed by atoms with Gasteiger partial charge in [-0.05, 0) is 71.6 Å². The summed E-state index contributed by atoms with van der Waals surface area (Å²) in [6, 6.07) is 0. The van der Waals surface area contributed by atoms with E-state index in [0.717, 1.165) is 62.6 Å². The molecule has 0 aromatic carbocycles. The van der Waals surface area contributed by atoms with Gasteiger partial charge in [0, 0.05) is 26.7 Å². The third kappa shape index (κ3) is 6.48. The Bertz CT molecular complexity index is 595. The molecular formula is C21H38N6O. The SMILES string of the molecule is CN=C(NCCN1CCCCC1)NCC1CCN(Cc2nc(C)c(C)o2)CC1. The zero-order valence-corrected chi connectivity index (χ0v) is 18.0. The fourth-order valence-corrected chi connectivity index (χ4v) is 4.12.